The summed E-state index contributed by atoms with van der Waals surface area (Å²) in [4.78, 5) is 67.8. The van der Waals surface area contributed by atoms with Crippen molar-refractivity contribution in [3.05, 3.63) is 41.0 Å². The van der Waals surface area contributed by atoms with Gasteiger partial charge in [0.25, 0.3) is 5.91 Å². The Hall–Kier alpha value is -4.79. The van der Waals surface area contributed by atoms with E-state index in [1.54, 1.807) is 12.1 Å². The number of ketones is 1. The molecule has 0 saturated heterocycles. The number of hydrogen-bond donors (Lipinski definition) is 8. The van der Waals surface area contributed by atoms with Gasteiger partial charge in [0, 0.05) is 23.6 Å². The molecule has 15 nitrogen and oxygen atoms in total. The molecular weight excluding hydrogens is 526 g/mol. The molecule has 1 aliphatic heterocycles. The van der Waals surface area contributed by atoms with Gasteiger partial charge in [0.15, 0.2) is 5.78 Å². The number of carboxylic acid groups (broad SMARTS) is 3. The number of carbonyl (C=O) groups excluding carboxylic acids is 2. The van der Waals surface area contributed by atoms with Crippen molar-refractivity contribution in [3.8, 4) is 0 Å². The average Bonchev–Trinajstić information content (AvgIpc) is 3.31. The highest BCUT2D eigenvalue weighted by Crippen LogP contribution is 2.30. The molecule has 0 spiro atoms. The number of carbonyl (C=O) groups is 5. The molecule has 1 aliphatic rings. The van der Waals surface area contributed by atoms with E-state index in [0.29, 0.717) is 24.5 Å². The highest BCUT2D eigenvalue weighted by atomic mass is 16.4. The van der Waals surface area contributed by atoms with Crippen molar-refractivity contribution >= 4 is 47.2 Å². The summed E-state index contributed by atoms with van der Waals surface area (Å²) in [6.45, 7) is 0. The summed E-state index contributed by atoms with van der Waals surface area (Å²) < 4.78 is 0. The normalized spacial score (nSPS) is 16.2. The van der Waals surface area contributed by atoms with Gasteiger partial charge in [-0.05, 0) is 49.8 Å². The predicted octanol–water partition coefficient (Wildman–Crippen LogP) is -0.354. The maximum absolute atomic E-state index is 12.9. The summed E-state index contributed by atoms with van der Waals surface area (Å²) in [6.07, 6.45) is 0.382. The Labute approximate surface area is 228 Å². The van der Waals surface area contributed by atoms with Crippen LogP contribution in [0.2, 0.25) is 0 Å². The summed E-state index contributed by atoms with van der Waals surface area (Å²) in [6, 6.07) is 3.45. The number of nitrogens with zero attached hydrogens (tertiary/aromatic N) is 2. The Bertz CT molecular complexity index is 1300. The topological polar surface area (TPSA) is 274 Å². The number of nitrogen functional groups attached to an aromatic ring is 2. The standard InChI is InChI=1S/C25H31N7O8/c26-16(24(39)40)10-14(23(37)38)19(35)17(7-8-18(33)34)30-22(36)12-4-1-11(2-5-12)3-6-13-9-15-20(27)31-25(28)32-21(15)29-13/h1-2,4-5,13-14,16-17H,3,6-10,26H2,(H,30,36)(H,33,34)(H,37,38)(H,39,40)(H5,27,28,29,31,32)/t13?,14?,16-,17-/m0/s1. The Morgan fingerprint density at radius 1 is 1.02 bits per heavy atom. The van der Waals surface area contributed by atoms with E-state index in [4.69, 9.17) is 27.4 Å². The molecule has 0 saturated carbocycles. The second kappa shape index (κ2) is 12.8. The minimum atomic E-state index is -1.85. The Balaban J connectivity index is 1.63. The van der Waals surface area contributed by atoms with E-state index in [-0.39, 0.29) is 24.0 Å². The molecule has 214 valence electrons. The Morgan fingerprint density at radius 2 is 1.70 bits per heavy atom. The molecule has 40 heavy (non-hydrogen) atoms. The van der Waals surface area contributed by atoms with Crippen molar-refractivity contribution in [2.24, 2.45) is 11.7 Å². The summed E-state index contributed by atoms with van der Waals surface area (Å²) in [7, 11) is 0. The fourth-order valence-corrected chi connectivity index (χ4v) is 4.40. The molecule has 0 bridgehead atoms. The lowest BCUT2D eigenvalue weighted by molar-refractivity contribution is -0.148. The molecule has 0 radical (unpaired) electrons. The second-order valence-electron chi connectivity index (χ2n) is 9.51. The van der Waals surface area contributed by atoms with Gasteiger partial charge in [0.1, 0.15) is 23.6 Å². The zero-order valence-electron chi connectivity index (χ0n) is 21.4. The first-order valence-corrected chi connectivity index (χ1v) is 12.4. The highest BCUT2D eigenvalue weighted by Gasteiger charge is 2.36. The van der Waals surface area contributed by atoms with Crippen molar-refractivity contribution < 1.29 is 39.3 Å². The molecule has 0 fully saturated rings. The van der Waals surface area contributed by atoms with Gasteiger partial charge in [0.05, 0.1) is 6.04 Å². The number of Topliss-reactive ketones (excluding diaryl/α,β-unsaturated/α-hetero) is 1. The largest absolute Gasteiger partial charge is 0.481 e. The van der Waals surface area contributed by atoms with Crippen LogP contribution in [0.5, 0.6) is 0 Å². The van der Waals surface area contributed by atoms with Crippen molar-refractivity contribution in [1.29, 1.82) is 0 Å². The predicted molar refractivity (Wildman–Crippen MR) is 141 cm³/mol. The van der Waals surface area contributed by atoms with E-state index in [0.717, 1.165) is 17.5 Å². The minimum absolute atomic E-state index is 0.0637. The van der Waals surface area contributed by atoms with Gasteiger partial charge >= 0.3 is 17.9 Å². The van der Waals surface area contributed by atoms with Crippen LogP contribution in [0, 0.1) is 5.92 Å². The van der Waals surface area contributed by atoms with E-state index in [1.807, 2.05) is 0 Å². The third kappa shape index (κ3) is 7.63. The van der Waals surface area contributed by atoms with Gasteiger partial charge in [-0.2, -0.15) is 9.97 Å². The zero-order valence-corrected chi connectivity index (χ0v) is 21.4. The van der Waals surface area contributed by atoms with Gasteiger partial charge in [0.2, 0.25) is 5.95 Å². The number of aryl methyl sites for hydroxylation is 1. The van der Waals surface area contributed by atoms with Crippen LogP contribution in [-0.4, -0.2) is 73.0 Å². The summed E-state index contributed by atoms with van der Waals surface area (Å²) in [5.74, 6) is -6.94. The number of nitrogens with one attached hydrogen (secondary N) is 2. The fraction of sp³-hybridized carbons (Fsp3) is 0.400. The lowest BCUT2D eigenvalue weighted by Crippen LogP contribution is -2.47. The van der Waals surface area contributed by atoms with Crippen LogP contribution in [0.3, 0.4) is 0 Å². The average molecular weight is 558 g/mol. The number of aromatic nitrogens is 2. The lowest BCUT2D eigenvalue weighted by atomic mass is 9.89. The van der Waals surface area contributed by atoms with E-state index < -0.39 is 60.4 Å². The molecule has 3 rings (SSSR count). The number of amides is 1. The number of carboxylic acids is 3. The van der Waals surface area contributed by atoms with Gasteiger partial charge in [-0.1, -0.05) is 12.1 Å². The van der Waals surface area contributed by atoms with Gasteiger partial charge in [-0.25, -0.2) is 0 Å². The molecule has 1 amide bonds. The van der Waals surface area contributed by atoms with Crippen LogP contribution in [-0.2, 0) is 32.0 Å². The van der Waals surface area contributed by atoms with Crippen molar-refractivity contribution in [2.45, 2.75) is 56.7 Å². The third-order valence-electron chi connectivity index (χ3n) is 6.59. The monoisotopic (exact) mass is 557 g/mol. The maximum Gasteiger partial charge on any atom is 0.320 e. The van der Waals surface area contributed by atoms with E-state index in [9.17, 15) is 29.1 Å². The smallest absolute Gasteiger partial charge is 0.320 e. The fourth-order valence-electron chi connectivity index (χ4n) is 4.40. The summed E-state index contributed by atoms with van der Waals surface area (Å²) in [5.41, 5.74) is 18.9. The number of aliphatic carboxylic acids is 3. The summed E-state index contributed by atoms with van der Waals surface area (Å²) >= 11 is 0. The highest BCUT2D eigenvalue weighted by molar-refractivity contribution is 6.04. The Kier molecular flexibility index (Phi) is 9.55. The van der Waals surface area contributed by atoms with Crippen LogP contribution in [0.25, 0.3) is 0 Å². The SMILES string of the molecule is Nc1nc(N)c2c(n1)NC(CCc1ccc(C(=O)N[C@@H](CCC(=O)O)C(=O)C(C[C@H](N)C(=O)O)C(=O)O)cc1)C2. The van der Waals surface area contributed by atoms with Crippen molar-refractivity contribution in [3.63, 3.8) is 0 Å². The number of hydrogen-bond acceptors (Lipinski definition) is 11. The van der Waals surface area contributed by atoms with Gasteiger partial charge < -0.3 is 43.2 Å². The minimum Gasteiger partial charge on any atom is -0.481 e. The molecule has 15 heteroatoms. The number of rotatable bonds is 14. The number of fused-ring (bicyclic) bond motifs is 1. The molecule has 0 aliphatic carbocycles. The van der Waals surface area contributed by atoms with Crippen LogP contribution in [0.1, 0.15) is 47.2 Å². The quantitative estimate of drug-likeness (QED) is 0.138. The lowest BCUT2D eigenvalue weighted by Gasteiger charge is -2.22. The number of benzene rings is 1. The van der Waals surface area contributed by atoms with Crippen molar-refractivity contribution in [2.75, 3.05) is 16.8 Å². The van der Waals surface area contributed by atoms with Crippen LogP contribution in [0.4, 0.5) is 17.6 Å². The molecular formula is C25H31N7O8. The third-order valence-corrected chi connectivity index (χ3v) is 6.59. The zero-order chi connectivity index (χ0) is 29.6. The van der Waals surface area contributed by atoms with Crippen LogP contribution in [0.15, 0.2) is 24.3 Å². The second-order valence-corrected chi connectivity index (χ2v) is 9.51. The van der Waals surface area contributed by atoms with Gasteiger partial charge in [-0.15, -0.1) is 0 Å². The summed E-state index contributed by atoms with van der Waals surface area (Å²) in [5, 5.41) is 33.2. The van der Waals surface area contributed by atoms with Crippen molar-refractivity contribution in [1.82, 2.24) is 15.3 Å². The first kappa shape index (κ1) is 29.8. The van der Waals surface area contributed by atoms with E-state index >= 15 is 0 Å². The molecule has 2 heterocycles. The van der Waals surface area contributed by atoms with Crippen LogP contribution >= 0.6 is 0 Å². The number of anilines is 3. The van der Waals surface area contributed by atoms with E-state index in [2.05, 4.69) is 20.6 Å². The molecule has 2 aromatic rings. The number of nitrogens with two attached hydrogens (primary N) is 3. The molecule has 2 unspecified atom stereocenters. The van der Waals surface area contributed by atoms with Gasteiger partial charge in [-0.3, -0.25) is 24.0 Å². The van der Waals surface area contributed by atoms with Crippen LogP contribution < -0.4 is 27.8 Å². The first-order chi connectivity index (χ1) is 18.8. The van der Waals surface area contributed by atoms with E-state index in [1.165, 1.54) is 12.1 Å². The molecule has 4 atom stereocenters. The molecule has 11 N–H and O–H groups in total. The first-order valence-electron chi connectivity index (χ1n) is 12.4. The Morgan fingerprint density at radius 3 is 2.30 bits per heavy atom. The maximum atomic E-state index is 12.9. The molecule has 1 aromatic carbocycles. The molecule has 1 aromatic heterocycles.